The van der Waals surface area contributed by atoms with Gasteiger partial charge in [0.05, 0.1) is 18.8 Å². The van der Waals surface area contributed by atoms with Gasteiger partial charge >= 0.3 is 0 Å². The van der Waals surface area contributed by atoms with Gasteiger partial charge in [0.1, 0.15) is 5.56 Å². The molecular weight excluding hydrogens is 332 g/mol. The number of amides is 1. The smallest absolute Gasteiger partial charge is 0.263 e. The summed E-state index contributed by atoms with van der Waals surface area (Å²) in [5, 5.41) is 0. The van der Waals surface area contributed by atoms with E-state index in [1.165, 1.54) is 4.57 Å². The maximum Gasteiger partial charge on any atom is 0.263 e. The zero-order chi connectivity index (χ0) is 18.1. The maximum atomic E-state index is 12.9. The Morgan fingerprint density at radius 1 is 1.31 bits per heavy atom. The first-order valence-corrected chi connectivity index (χ1v) is 8.83. The van der Waals surface area contributed by atoms with E-state index in [4.69, 9.17) is 4.74 Å². The lowest BCUT2D eigenvalue weighted by Gasteiger charge is -2.36. The van der Waals surface area contributed by atoms with Gasteiger partial charge < -0.3 is 14.2 Å². The van der Waals surface area contributed by atoms with Gasteiger partial charge in [-0.2, -0.15) is 0 Å². The molecule has 0 spiro atoms. The number of fused-ring (bicyclic) bond motifs is 1. The SMILES string of the molecule is Cn1cccc(C(=O)N2C[C@@H]3OCCN(Cc4cccnc4)[C@@H]3C2)c1=O. The van der Waals surface area contributed by atoms with Gasteiger partial charge in [-0.1, -0.05) is 6.07 Å². The minimum absolute atomic E-state index is 0.0167. The number of aryl methyl sites for hydroxylation is 1. The lowest BCUT2D eigenvalue weighted by molar-refractivity contribution is -0.0503. The molecule has 0 radical (unpaired) electrons. The molecule has 0 bridgehead atoms. The highest BCUT2D eigenvalue weighted by Crippen LogP contribution is 2.25. The van der Waals surface area contributed by atoms with Crippen LogP contribution in [0.25, 0.3) is 0 Å². The van der Waals surface area contributed by atoms with Crippen LogP contribution >= 0.6 is 0 Å². The number of aromatic nitrogens is 2. The highest BCUT2D eigenvalue weighted by Gasteiger charge is 2.42. The Bertz CT molecular complexity index is 851. The van der Waals surface area contributed by atoms with Gasteiger partial charge in [0.15, 0.2) is 0 Å². The second-order valence-corrected chi connectivity index (χ2v) is 6.86. The Labute approximate surface area is 151 Å². The zero-order valence-electron chi connectivity index (χ0n) is 14.7. The quantitative estimate of drug-likeness (QED) is 0.803. The molecule has 2 aliphatic rings. The lowest BCUT2D eigenvalue weighted by atomic mass is 10.1. The lowest BCUT2D eigenvalue weighted by Crippen LogP contribution is -2.50. The standard InChI is InChI=1S/C19H22N4O3/c1-21-7-3-5-15(18(21)24)19(25)23-12-16-17(13-23)26-9-8-22(16)11-14-4-2-6-20-10-14/h2-7,10,16-17H,8-9,11-13H2,1H3/t16-,17+/m1/s1. The number of likely N-dealkylation sites (tertiary alicyclic amines) is 1. The maximum absolute atomic E-state index is 12.9. The molecule has 2 aliphatic heterocycles. The van der Waals surface area contributed by atoms with E-state index in [0.29, 0.717) is 19.7 Å². The first-order valence-electron chi connectivity index (χ1n) is 8.83. The van der Waals surface area contributed by atoms with Crippen LogP contribution < -0.4 is 5.56 Å². The number of rotatable bonds is 3. The molecule has 1 amide bonds. The second-order valence-electron chi connectivity index (χ2n) is 6.86. The van der Waals surface area contributed by atoms with Gasteiger partial charge in [0.2, 0.25) is 0 Å². The third kappa shape index (κ3) is 3.15. The number of hydrogen-bond donors (Lipinski definition) is 0. The molecule has 2 fully saturated rings. The van der Waals surface area contributed by atoms with Gasteiger partial charge in [0.25, 0.3) is 11.5 Å². The van der Waals surface area contributed by atoms with E-state index in [0.717, 1.165) is 18.7 Å². The Morgan fingerprint density at radius 3 is 3.00 bits per heavy atom. The number of nitrogens with zero attached hydrogens (tertiary/aromatic N) is 4. The van der Waals surface area contributed by atoms with Crippen LogP contribution in [0.2, 0.25) is 0 Å². The number of carbonyl (C=O) groups excluding carboxylic acids is 1. The number of ether oxygens (including phenoxy) is 1. The van der Waals surface area contributed by atoms with Crippen molar-refractivity contribution in [2.45, 2.75) is 18.7 Å². The van der Waals surface area contributed by atoms with Crippen molar-refractivity contribution in [1.82, 2.24) is 19.4 Å². The highest BCUT2D eigenvalue weighted by molar-refractivity contribution is 5.94. The molecule has 0 N–H and O–H groups in total. The fourth-order valence-electron chi connectivity index (χ4n) is 3.78. The van der Waals surface area contributed by atoms with Crippen LogP contribution in [-0.2, 0) is 18.3 Å². The molecule has 2 saturated heterocycles. The van der Waals surface area contributed by atoms with Gasteiger partial charge in [-0.25, -0.2) is 0 Å². The average molecular weight is 354 g/mol. The fourth-order valence-corrected chi connectivity index (χ4v) is 3.78. The number of pyridine rings is 2. The van der Waals surface area contributed by atoms with Crippen molar-refractivity contribution in [2.75, 3.05) is 26.2 Å². The van der Waals surface area contributed by atoms with Crippen LogP contribution in [0.15, 0.2) is 47.7 Å². The summed E-state index contributed by atoms with van der Waals surface area (Å²) < 4.78 is 7.34. The summed E-state index contributed by atoms with van der Waals surface area (Å²) in [4.78, 5) is 33.4. The molecule has 26 heavy (non-hydrogen) atoms. The van der Waals surface area contributed by atoms with Crippen molar-refractivity contribution in [3.05, 3.63) is 64.3 Å². The molecule has 0 saturated carbocycles. The van der Waals surface area contributed by atoms with E-state index in [2.05, 4.69) is 16.0 Å². The van der Waals surface area contributed by atoms with Gasteiger partial charge in [-0.3, -0.25) is 19.5 Å². The van der Waals surface area contributed by atoms with Crippen molar-refractivity contribution in [2.24, 2.45) is 7.05 Å². The normalized spacial score (nSPS) is 23.0. The van der Waals surface area contributed by atoms with Gasteiger partial charge in [-0.15, -0.1) is 0 Å². The molecular formula is C19H22N4O3. The Kier molecular flexibility index (Phi) is 4.57. The monoisotopic (exact) mass is 354 g/mol. The summed E-state index contributed by atoms with van der Waals surface area (Å²) in [5.41, 5.74) is 1.10. The number of morpholine rings is 1. The summed E-state index contributed by atoms with van der Waals surface area (Å²) in [6, 6.07) is 7.45. The summed E-state index contributed by atoms with van der Waals surface area (Å²) >= 11 is 0. The molecule has 2 aromatic rings. The molecule has 4 heterocycles. The van der Waals surface area contributed by atoms with Crippen molar-refractivity contribution >= 4 is 5.91 Å². The van der Waals surface area contributed by atoms with Crippen molar-refractivity contribution in [3.8, 4) is 0 Å². The zero-order valence-corrected chi connectivity index (χ0v) is 14.7. The van der Waals surface area contributed by atoms with E-state index in [-0.39, 0.29) is 29.2 Å². The summed E-state index contributed by atoms with van der Waals surface area (Å²) in [7, 11) is 1.65. The van der Waals surface area contributed by atoms with E-state index < -0.39 is 0 Å². The van der Waals surface area contributed by atoms with Crippen LogP contribution in [0.3, 0.4) is 0 Å². The van der Waals surface area contributed by atoms with E-state index in [1.807, 2.05) is 12.3 Å². The first kappa shape index (κ1) is 16.9. The third-order valence-electron chi connectivity index (χ3n) is 5.17. The number of hydrogen-bond acceptors (Lipinski definition) is 5. The van der Waals surface area contributed by atoms with E-state index in [9.17, 15) is 9.59 Å². The van der Waals surface area contributed by atoms with Crippen LogP contribution in [0, 0.1) is 0 Å². The van der Waals surface area contributed by atoms with Crippen LogP contribution in [-0.4, -0.2) is 63.6 Å². The Morgan fingerprint density at radius 2 is 2.19 bits per heavy atom. The van der Waals surface area contributed by atoms with Crippen LogP contribution in [0.1, 0.15) is 15.9 Å². The highest BCUT2D eigenvalue weighted by atomic mass is 16.5. The fraction of sp³-hybridized carbons (Fsp3) is 0.421. The van der Waals surface area contributed by atoms with Crippen LogP contribution in [0.5, 0.6) is 0 Å². The molecule has 2 atom stereocenters. The van der Waals surface area contributed by atoms with Crippen molar-refractivity contribution in [3.63, 3.8) is 0 Å². The average Bonchev–Trinajstić information content (AvgIpc) is 3.10. The first-order chi connectivity index (χ1) is 12.6. The molecule has 7 nitrogen and oxygen atoms in total. The summed E-state index contributed by atoms with van der Waals surface area (Å²) in [6.45, 7) is 3.35. The molecule has 136 valence electrons. The number of carbonyl (C=O) groups is 1. The minimum atomic E-state index is -0.263. The van der Waals surface area contributed by atoms with Crippen molar-refractivity contribution < 1.29 is 9.53 Å². The molecule has 7 heteroatoms. The second kappa shape index (κ2) is 7.01. The van der Waals surface area contributed by atoms with Crippen molar-refractivity contribution in [1.29, 1.82) is 0 Å². The minimum Gasteiger partial charge on any atom is -0.373 e. The molecule has 2 aromatic heterocycles. The third-order valence-corrected chi connectivity index (χ3v) is 5.17. The topological polar surface area (TPSA) is 67.7 Å². The summed E-state index contributed by atoms with van der Waals surface area (Å²) in [5.74, 6) is -0.217. The molecule has 0 aliphatic carbocycles. The molecule has 0 unspecified atom stereocenters. The van der Waals surface area contributed by atoms with E-state index >= 15 is 0 Å². The predicted octanol–water partition coefficient (Wildman–Crippen LogP) is 0.506. The largest absolute Gasteiger partial charge is 0.373 e. The van der Waals surface area contributed by atoms with E-state index in [1.54, 1.807) is 36.5 Å². The summed E-state index contributed by atoms with van der Waals surface area (Å²) in [6.07, 6.45) is 5.27. The Balaban J connectivity index is 1.51. The van der Waals surface area contributed by atoms with Crippen LogP contribution in [0.4, 0.5) is 0 Å². The predicted molar refractivity (Wildman–Crippen MR) is 95.8 cm³/mol. The Hall–Kier alpha value is -2.51. The molecule has 0 aromatic carbocycles. The van der Waals surface area contributed by atoms with Gasteiger partial charge in [-0.05, 0) is 23.8 Å². The molecule has 4 rings (SSSR count). The van der Waals surface area contributed by atoms with Gasteiger partial charge in [0, 0.05) is 51.8 Å².